The zero-order valence-electron chi connectivity index (χ0n) is 12.5. The summed E-state index contributed by atoms with van der Waals surface area (Å²) in [4.78, 5) is 5.21. The molecule has 1 aromatic carbocycles. The molecule has 3 saturated heterocycles. The molecule has 5 rings (SSSR count). The van der Waals surface area contributed by atoms with Gasteiger partial charge in [-0.25, -0.2) is 0 Å². The molecule has 4 aliphatic rings. The predicted molar refractivity (Wildman–Crippen MR) is 80.8 cm³/mol. The molecular weight excluding hydrogens is 266 g/mol. The minimum atomic E-state index is 0.330. The number of nitrogens with one attached hydrogen (secondary N) is 1. The van der Waals surface area contributed by atoms with E-state index in [1.54, 1.807) is 0 Å². The van der Waals surface area contributed by atoms with Crippen LogP contribution in [0.15, 0.2) is 18.2 Å². The van der Waals surface area contributed by atoms with Gasteiger partial charge in [0.05, 0.1) is 0 Å². The molecule has 2 atom stereocenters. The van der Waals surface area contributed by atoms with Crippen molar-refractivity contribution in [1.82, 2.24) is 15.1 Å². The molecule has 0 aromatic heterocycles. The number of hydrogen-bond acceptors (Lipinski definition) is 5. The first-order valence-electron chi connectivity index (χ1n) is 7.89. The molecule has 114 valence electrons. The Kier molecular flexibility index (Phi) is 3.49. The highest BCUT2D eigenvalue weighted by Gasteiger charge is 2.31. The van der Waals surface area contributed by atoms with Gasteiger partial charge in [-0.3, -0.25) is 9.80 Å². The Labute approximate surface area is 125 Å². The normalized spacial score (nSPS) is 31.4. The van der Waals surface area contributed by atoms with Crippen LogP contribution >= 0.6 is 0 Å². The van der Waals surface area contributed by atoms with Crippen molar-refractivity contribution in [2.24, 2.45) is 0 Å². The van der Waals surface area contributed by atoms with Crippen LogP contribution in [0.3, 0.4) is 0 Å². The average molecular weight is 289 g/mol. The quantitative estimate of drug-likeness (QED) is 0.897. The highest BCUT2D eigenvalue weighted by molar-refractivity contribution is 5.45. The van der Waals surface area contributed by atoms with Gasteiger partial charge in [0.15, 0.2) is 11.5 Å². The molecular formula is C16H23N3O2. The fourth-order valence-electron chi connectivity index (χ4n) is 3.53. The first kappa shape index (κ1) is 13.4. The lowest BCUT2D eigenvalue weighted by Crippen LogP contribution is -2.63. The van der Waals surface area contributed by atoms with Crippen LogP contribution < -0.4 is 14.8 Å². The molecule has 0 amide bonds. The first-order chi connectivity index (χ1) is 10.3. The molecule has 4 aliphatic heterocycles. The van der Waals surface area contributed by atoms with E-state index in [9.17, 15) is 0 Å². The van der Waals surface area contributed by atoms with Crippen LogP contribution in [0, 0.1) is 0 Å². The van der Waals surface area contributed by atoms with E-state index >= 15 is 0 Å². The van der Waals surface area contributed by atoms with Crippen LogP contribution in [0.1, 0.15) is 18.5 Å². The summed E-state index contributed by atoms with van der Waals surface area (Å²) >= 11 is 0. The molecule has 5 nitrogen and oxygen atoms in total. The molecule has 1 aromatic rings. The fraction of sp³-hybridized carbons (Fsp3) is 0.625. The maximum absolute atomic E-state index is 5.46. The summed E-state index contributed by atoms with van der Waals surface area (Å²) in [6.07, 6.45) is 0. The largest absolute Gasteiger partial charge is 0.454 e. The summed E-state index contributed by atoms with van der Waals surface area (Å²) in [5.74, 6) is 1.72. The van der Waals surface area contributed by atoms with Gasteiger partial charge in [-0.2, -0.15) is 0 Å². The second kappa shape index (κ2) is 5.48. The highest BCUT2D eigenvalue weighted by Crippen LogP contribution is 2.34. The second-order valence-electron chi connectivity index (χ2n) is 6.23. The van der Waals surface area contributed by atoms with Crippen LogP contribution in [-0.2, 0) is 0 Å². The van der Waals surface area contributed by atoms with Crippen LogP contribution in [0.2, 0.25) is 0 Å². The Morgan fingerprint density at radius 1 is 1.19 bits per heavy atom. The third-order valence-corrected chi connectivity index (χ3v) is 4.95. The molecule has 21 heavy (non-hydrogen) atoms. The molecule has 0 saturated carbocycles. The molecule has 0 spiro atoms. The zero-order valence-corrected chi connectivity index (χ0v) is 12.5. The van der Waals surface area contributed by atoms with Gasteiger partial charge < -0.3 is 14.8 Å². The Hall–Kier alpha value is -1.30. The Balaban J connectivity index is 1.36. The van der Waals surface area contributed by atoms with E-state index in [0.717, 1.165) is 18.0 Å². The van der Waals surface area contributed by atoms with Crippen molar-refractivity contribution >= 4 is 0 Å². The van der Waals surface area contributed by atoms with Gasteiger partial charge in [-0.15, -0.1) is 0 Å². The molecule has 0 radical (unpaired) electrons. The molecule has 3 fully saturated rings. The third kappa shape index (κ3) is 2.61. The number of piperazine rings is 3. The molecule has 2 bridgehead atoms. The van der Waals surface area contributed by atoms with E-state index in [1.165, 1.54) is 38.3 Å². The van der Waals surface area contributed by atoms with Crippen molar-refractivity contribution < 1.29 is 9.47 Å². The first-order valence-corrected chi connectivity index (χ1v) is 7.89. The van der Waals surface area contributed by atoms with E-state index in [4.69, 9.17) is 9.47 Å². The van der Waals surface area contributed by atoms with E-state index in [1.807, 2.05) is 6.07 Å². The van der Waals surface area contributed by atoms with Crippen LogP contribution in [-0.4, -0.2) is 61.9 Å². The van der Waals surface area contributed by atoms with E-state index in [0.29, 0.717) is 18.9 Å². The van der Waals surface area contributed by atoms with Crippen molar-refractivity contribution in [1.29, 1.82) is 0 Å². The Morgan fingerprint density at radius 2 is 2.00 bits per heavy atom. The Morgan fingerprint density at radius 3 is 2.76 bits per heavy atom. The number of nitrogens with zero attached hydrogens (tertiary/aromatic N) is 2. The monoisotopic (exact) mass is 289 g/mol. The molecule has 4 heterocycles. The van der Waals surface area contributed by atoms with Crippen LogP contribution in [0.4, 0.5) is 0 Å². The summed E-state index contributed by atoms with van der Waals surface area (Å²) in [5, 5.41) is 3.68. The zero-order chi connectivity index (χ0) is 14.2. The third-order valence-electron chi connectivity index (χ3n) is 4.95. The van der Waals surface area contributed by atoms with Crippen molar-refractivity contribution in [3.8, 4) is 11.5 Å². The Bertz CT molecular complexity index is 514. The fourth-order valence-corrected chi connectivity index (χ4v) is 3.53. The average Bonchev–Trinajstić information content (AvgIpc) is 3.01. The SMILES string of the molecule is C[C@@H](NC[C@@H]1CN2CCN1CC2)c1ccc2c(c1)OCO2. The van der Waals surface area contributed by atoms with Gasteiger partial charge in [-0.1, -0.05) is 6.07 Å². The maximum Gasteiger partial charge on any atom is 0.231 e. The van der Waals surface area contributed by atoms with E-state index in [2.05, 4.69) is 34.2 Å². The van der Waals surface area contributed by atoms with Crippen molar-refractivity contribution in [2.45, 2.75) is 19.0 Å². The molecule has 0 unspecified atom stereocenters. The van der Waals surface area contributed by atoms with Gasteiger partial charge >= 0.3 is 0 Å². The summed E-state index contributed by atoms with van der Waals surface area (Å²) in [7, 11) is 0. The number of rotatable bonds is 4. The van der Waals surface area contributed by atoms with E-state index in [-0.39, 0.29) is 0 Å². The summed E-state index contributed by atoms with van der Waals surface area (Å²) in [5.41, 5.74) is 1.26. The van der Waals surface area contributed by atoms with Gasteiger partial charge in [0.2, 0.25) is 6.79 Å². The second-order valence-corrected chi connectivity index (χ2v) is 6.23. The van der Waals surface area contributed by atoms with Crippen molar-refractivity contribution in [3.05, 3.63) is 23.8 Å². The summed E-state index contributed by atoms with van der Waals surface area (Å²) in [6, 6.07) is 7.21. The van der Waals surface area contributed by atoms with Crippen molar-refractivity contribution in [3.63, 3.8) is 0 Å². The number of ether oxygens (including phenoxy) is 2. The molecule has 5 heteroatoms. The van der Waals surface area contributed by atoms with Crippen LogP contribution in [0.25, 0.3) is 0 Å². The summed E-state index contributed by atoms with van der Waals surface area (Å²) in [6.45, 7) is 9.76. The molecule has 0 aliphatic carbocycles. The van der Waals surface area contributed by atoms with Gasteiger partial charge in [0.25, 0.3) is 0 Å². The van der Waals surface area contributed by atoms with Gasteiger partial charge in [0, 0.05) is 51.4 Å². The lowest BCUT2D eigenvalue weighted by atomic mass is 10.1. The predicted octanol–water partition coefficient (Wildman–Crippen LogP) is 1.07. The maximum atomic E-state index is 5.46. The number of benzene rings is 1. The topological polar surface area (TPSA) is 37.0 Å². The minimum absolute atomic E-state index is 0.330. The lowest BCUT2D eigenvalue weighted by molar-refractivity contribution is 0.0129. The lowest BCUT2D eigenvalue weighted by Gasteiger charge is -2.47. The van der Waals surface area contributed by atoms with Crippen molar-refractivity contribution in [2.75, 3.05) is 46.1 Å². The standard InChI is InChI=1S/C16H23N3O2/c1-12(13-2-3-15-16(8-13)21-11-20-15)17-9-14-10-18-4-6-19(14)7-5-18/h2-3,8,12,14,17H,4-7,9-11H2,1H3/t12-,14-/m1/s1. The van der Waals surface area contributed by atoms with Gasteiger partial charge in [-0.05, 0) is 24.6 Å². The molecule has 1 N–H and O–H groups in total. The van der Waals surface area contributed by atoms with Gasteiger partial charge in [0.1, 0.15) is 0 Å². The van der Waals surface area contributed by atoms with E-state index < -0.39 is 0 Å². The highest BCUT2D eigenvalue weighted by atomic mass is 16.7. The number of fused-ring (bicyclic) bond motifs is 4. The number of hydrogen-bond donors (Lipinski definition) is 1. The van der Waals surface area contributed by atoms with Crippen LogP contribution in [0.5, 0.6) is 11.5 Å². The summed E-state index contributed by atoms with van der Waals surface area (Å²) < 4.78 is 10.8. The smallest absolute Gasteiger partial charge is 0.231 e. The minimum Gasteiger partial charge on any atom is -0.454 e.